The lowest BCUT2D eigenvalue weighted by Gasteiger charge is -2.20. The molecule has 0 saturated heterocycles. The standard InChI is InChI=1S/C17H17NO2/c19-17(11-9-10-11)20-16-12-5-1-3-7-14(12)18-15-8-4-2-6-13(15)16/h1,3,5,7,11H,2,4,6,8-10H2. The van der Waals surface area contributed by atoms with E-state index in [1.807, 2.05) is 24.3 Å². The summed E-state index contributed by atoms with van der Waals surface area (Å²) in [6, 6.07) is 7.97. The molecule has 1 saturated carbocycles. The van der Waals surface area contributed by atoms with E-state index in [2.05, 4.69) is 0 Å². The Morgan fingerprint density at radius 1 is 1.15 bits per heavy atom. The number of hydrogen-bond acceptors (Lipinski definition) is 3. The number of para-hydroxylation sites is 1. The lowest BCUT2D eigenvalue weighted by molar-refractivity contribution is -0.135. The van der Waals surface area contributed by atoms with Crippen molar-refractivity contribution in [3.8, 4) is 5.75 Å². The molecule has 2 aliphatic carbocycles. The van der Waals surface area contributed by atoms with Crippen LogP contribution in [0.5, 0.6) is 5.75 Å². The van der Waals surface area contributed by atoms with Gasteiger partial charge in [0.05, 0.1) is 11.4 Å². The highest BCUT2D eigenvalue weighted by molar-refractivity contribution is 5.90. The molecular weight excluding hydrogens is 250 g/mol. The first-order chi connectivity index (χ1) is 9.83. The zero-order valence-electron chi connectivity index (χ0n) is 11.4. The van der Waals surface area contributed by atoms with Crippen LogP contribution in [0, 0.1) is 5.92 Å². The number of hydrogen-bond donors (Lipinski definition) is 0. The van der Waals surface area contributed by atoms with Crippen molar-refractivity contribution in [1.82, 2.24) is 4.98 Å². The van der Waals surface area contributed by atoms with Gasteiger partial charge in [0, 0.05) is 16.6 Å². The van der Waals surface area contributed by atoms with E-state index in [9.17, 15) is 4.79 Å². The number of rotatable bonds is 2. The molecule has 2 aliphatic rings. The number of aromatic nitrogens is 1. The molecule has 1 fully saturated rings. The number of esters is 1. The predicted octanol–water partition coefficient (Wildman–Crippen LogP) is 3.43. The number of carbonyl (C=O) groups excluding carboxylic acids is 1. The fourth-order valence-electron chi connectivity index (χ4n) is 2.95. The van der Waals surface area contributed by atoms with Crippen LogP contribution in [0.1, 0.15) is 36.9 Å². The van der Waals surface area contributed by atoms with E-state index >= 15 is 0 Å². The highest BCUT2D eigenvalue weighted by atomic mass is 16.5. The lowest BCUT2D eigenvalue weighted by Crippen LogP contribution is -2.15. The molecule has 0 radical (unpaired) electrons. The Bertz CT molecular complexity index is 689. The Balaban J connectivity index is 1.87. The Kier molecular flexibility index (Phi) is 2.72. The van der Waals surface area contributed by atoms with Crippen LogP contribution in [-0.2, 0) is 17.6 Å². The summed E-state index contributed by atoms with van der Waals surface area (Å²) in [7, 11) is 0. The molecule has 3 heteroatoms. The van der Waals surface area contributed by atoms with Crippen LogP contribution in [-0.4, -0.2) is 11.0 Å². The van der Waals surface area contributed by atoms with Gasteiger partial charge in [0.2, 0.25) is 0 Å². The molecule has 0 atom stereocenters. The van der Waals surface area contributed by atoms with Gasteiger partial charge in [-0.1, -0.05) is 12.1 Å². The molecule has 0 unspecified atom stereocenters. The van der Waals surface area contributed by atoms with Crippen LogP contribution in [0.2, 0.25) is 0 Å². The van der Waals surface area contributed by atoms with Crippen LogP contribution in [0.4, 0.5) is 0 Å². The monoisotopic (exact) mass is 267 g/mol. The zero-order chi connectivity index (χ0) is 13.5. The van der Waals surface area contributed by atoms with Gasteiger partial charge in [0.1, 0.15) is 5.75 Å². The number of nitrogens with zero attached hydrogens (tertiary/aromatic N) is 1. The highest BCUT2D eigenvalue weighted by Crippen LogP contribution is 2.37. The Labute approximate surface area is 118 Å². The molecule has 3 nitrogen and oxygen atoms in total. The fourth-order valence-corrected chi connectivity index (χ4v) is 2.95. The minimum atomic E-state index is -0.0610. The van der Waals surface area contributed by atoms with Crippen molar-refractivity contribution in [2.45, 2.75) is 38.5 Å². The summed E-state index contributed by atoms with van der Waals surface area (Å²) in [5.74, 6) is 0.845. The molecule has 20 heavy (non-hydrogen) atoms. The highest BCUT2D eigenvalue weighted by Gasteiger charge is 2.33. The van der Waals surface area contributed by atoms with Crippen molar-refractivity contribution in [3.05, 3.63) is 35.5 Å². The van der Waals surface area contributed by atoms with Gasteiger partial charge in [-0.3, -0.25) is 9.78 Å². The van der Waals surface area contributed by atoms with E-state index in [0.717, 1.165) is 60.0 Å². The quantitative estimate of drug-likeness (QED) is 0.782. The Hall–Kier alpha value is -1.90. The molecule has 1 aromatic heterocycles. The molecule has 0 aliphatic heterocycles. The van der Waals surface area contributed by atoms with Crippen LogP contribution < -0.4 is 4.74 Å². The van der Waals surface area contributed by atoms with Crippen molar-refractivity contribution in [2.75, 3.05) is 0 Å². The normalized spacial score (nSPS) is 17.8. The number of fused-ring (bicyclic) bond motifs is 2. The maximum atomic E-state index is 12.1. The summed E-state index contributed by atoms with van der Waals surface area (Å²) in [5, 5.41) is 0.974. The molecule has 1 aromatic carbocycles. The van der Waals surface area contributed by atoms with E-state index < -0.39 is 0 Å². The van der Waals surface area contributed by atoms with Crippen molar-refractivity contribution in [1.29, 1.82) is 0 Å². The van der Waals surface area contributed by atoms with Gasteiger partial charge in [0.15, 0.2) is 0 Å². The number of ether oxygens (including phenoxy) is 1. The molecule has 4 rings (SSSR count). The summed E-state index contributed by atoms with van der Waals surface area (Å²) in [6.07, 6.45) is 6.25. The molecule has 102 valence electrons. The number of aryl methyl sites for hydroxylation is 1. The summed E-state index contributed by atoms with van der Waals surface area (Å²) >= 11 is 0. The SMILES string of the molecule is O=C(Oc1c2c(nc3ccccc13)CCCC2)C1CC1. The predicted molar refractivity (Wildman–Crippen MR) is 76.7 cm³/mol. The molecular formula is C17H17NO2. The largest absolute Gasteiger partial charge is 0.425 e. The molecule has 0 amide bonds. The van der Waals surface area contributed by atoms with Crippen LogP contribution in [0.15, 0.2) is 24.3 Å². The first kappa shape index (κ1) is 11.9. The second kappa shape index (κ2) is 4.58. The average Bonchev–Trinajstić information content (AvgIpc) is 3.31. The third-order valence-electron chi connectivity index (χ3n) is 4.23. The van der Waals surface area contributed by atoms with Gasteiger partial charge in [-0.2, -0.15) is 0 Å². The van der Waals surface area contributed by atoms with E-state index in [4.69, 9.17) is 9.72 Å². The number of carbonyl (C=O) groups is 1. The van der Waals surface area contributed by atoms with E-state index in [1.165, 1.54) is 6.42 Å². The fraction of sp³-hybridized carbons (Fsp3) is 0.412. The van der Waals surface area contributed by atoms with E-state index in [0.29, 0.717) is 0 Å². The molecule has 0 spiro atoms. The maximum absolute atomic E-state index is 12.1. The molecule has 0 N–H and O–H groups in total. The molecule has 2 aromatic rings. The molecule has 1 heterocycles. The van der Waals surface area contributed by atoms with Gasteiger partial charge in [0.25, 0.3) is 0 Å². The van der Waals surface area contributed by atoms with Gasteiger partial charge in [-0.05, 0) is 50.7 Å². The maximum Gasteiger partial charge on any atom is 0.314 e. The number of pyridine rings is 1. The first-order valence-electron chi connectivity index (χ1n) is 7.45. The van der Waals surface area contributed by atoms with Crippen LogP contribution in [0.3, 0.4) is 0 Å². The van der Waals surface area contributed by atoms with Crippen molar-refractivity contribution < 1.29 is 9.53 Å². The van der Waals surface area contributed by atoms with E-state index in [1.54, 1.807) is 0 Å². The van der Waals surface area contributed by atoms with E-state index in [-0.39, 0.29) is 11.9 Å². The summed E-state index contributed by atoms with van der Waals surface area (Å²) < 4.78 is 5.77. The summed E-state index contributed by atoms with van der Waals surface area (Å²) in [4.78, 5) is 16.8. The number of benzene rings is 1. The second-order valence-electron chi connectivity index (χ2n) is 5.79. The van der Waals surface area contributed by atoms with Crippen molar-refractivity contribution in [3.63, 3.8) is 0 Å². The zero-order valence-corrected chi connectivity index (χ0v) is 11.4. The minimum absolute atomic E-state index is 0.0610. The Morgan fingerprint density at radius 2 is 1.95 bits per heavy atom. The van der Waals surface area contributed by atoms with Gasteiger partial charge >= 0.3 is 5.97 Å². The average molecular weight is 267 g/mol. The van der Waals surface area contributed by atoms with Crippen molar-refractivity contribution >= 4 is 16.9 Å². The van der Waals surface area contributed by atoms with Gasteiger partial charge < -0.3 is 4.74 Å². The summed E-state index contributed by atoms with van der Waals surface area (Å²) in [6.45, 7) is 0. The molecule has 0 bridgehead atoms. The third kappa shape index (κ3) is 1.98. The van der Waals surface area contributed by atoms with Gasteiger partial charge in [-0.15, -0.1) is 0 Å². The topological polar surface area (TPSA) is 39.2 Å². The smallest absolute Gasteiger partial charge is 0.314 e. The summed E-state index contributed by atoms with van der Waals surface area (Å²) in [5.41, 5.74) is 3.21. The first-order valence-corrected chi connectivity index (χ1v) is 7.45. The van der Waals surface area contributed by atoms with Crippen molar-refractivity contribution in [2.24, 2.45) is 5.92 Å². The Morgan fingerprint density at radius 3 is 2.80 bits per heavy atom. The second-order valence-corrected chi connectivity index (χ2v) is 5.79. The third-order valence-corrected chi connectivity index (χ3v) is 4.23. The van der Waals surface area contributed by atoms with Crippen LogP contribution in [0.25, 0.3) is 10.9 Å². The lowest BCUT2D eigenvalue weighted by atomic mass is 9.93. The van der Waals surface area contributed by atoms with Crippen LogP contribution >= 0.6 is 0 Å². The van der Waals surface area contributed by atoms with Gasteiger partial charge in [-0.25, -0.2) is 0 Å². The minimum Gasteiger partial charge on any atom is -0.425 e.